The van der Waals surface area contributed by atoms with E-state index in [0.717, 1.165) is 32.1 Å². The van der Waals surface area contributed by atoms with E-state index in [1.165, 1.54) is 95.5 Å². The van der Waals surface area contributed by atoms with Gasteiger partial charge in [0.15, 0.2) is 16.6 Å². The lowest BCUT2D eigenvalue weighted by atomic mass is 9.96. The molecule has 7 atom stereocenters. The summed E-state index contributed by atoms with van der Waals surface area (Å²) in [4.78, 5) is 0. The van der Waals surface area contributed by atoms with Crippen molar-refractivity contribution < 1.29 is 33.6 Å². The van der Waals surface area contributed by atoms with E-state index in [4.69, 9.17) is 18.3 Å². The lowest BCUT2D eigenvalue weighted by Crippen LogP contribution is -2.48. The van der Waals surface area contributed by atoms with E-state index < -0.39 is 41.1 Å². The largest absolute Gasteiger partial charge is 0.411 e. The van der Waals surface area contributed by atoms with Crippen LogP contribution in [0.25, 0.3) is 0 Å². The van der Waals surface area contributed by atoms with E-state index >= 15 is 0 Å². The average Bonchev–Trinajstić information content (AvgIpc) is 3.59. The van der Waals surface area contributed by atoms with Crippen molar-refractivity contribution in [2.24, 2.45) is 0 Å². The Kier molecular flexibility index (Phi) is 26.8. The molecule has 7 nitrogen and oxygen atoms in total. The zero-order chi connectivity index (χ0) is 44.7. The Morgan fingerprint density at radius 3 is 1.63 bits per heavy atom. The van der Waals surface area contributed by atoms with Gasteiger partial charge >= 0.3 is 0 Å². The van der Waals surface area contributed by atoms with Gasteiger partial charge in [-0.3, -0.25) is 0 Å². The number of hydrogen-bond acceptors (Lipinski definition) is 7. The fourth-order valence-corrected chi connectivity index (χ4v) is 10.7. The maximum absolute atomic E-state index is 11.8. The number of rotatable bonds is 34. The predicted octanol–water partition coefficient (Wildman–Crippen LogP) is 13.8. The number of hydrogen-bond donors (Lipinski definition) is 3. The van der Waals surface area contributed by atoms with Crippen molar-refractivity contribution >= 4 is 16.6 Å². The van der Waals surface area contributed by atoms with E-state index in [1.807, 2.05) is 18.2 Å². The molecule has 3 N–H and O–H groups in total. The van der Waals surface area contributed by atoms with Crippen molar-refractivity contribution in [3.63, 3.8) is 0 Å². The standard InChI is InChI=1S/C51H98O7Si2/c1-12-13-14-15-16-17-18-19-20-21-22-23-24-25-31-36-46(57-59(8,9)50(2,3)4)47-40-48(58-60(10,11)51(5,6)7)49(56-47)45(54)38-37-44(53)43(52)35-30-27-32-39-55-41-42-33-28-26-29-34-42/h26,28-29,33-34,43-49,52-54H,12-25,27,30-32,35-41H2,1-11H3/t43-,44-,45+,46+,47+,48-,49-/m1/s1. The highest BCUT2D eigenvalue weighted by Gasteiger charge is 2.50. The van der Waals surface area contributed by atoms with Crippen molar-refractivity contribution in [2.45, 2.75) is 282 Å². The average molecular weight is 880 g/mol. The van der Waals surface area contributed by atoms with Crippen molar-refractivity contribution in [3.8, 4) is 0 Å². The molecule has 0 unspecified atom stereocenters. The molecular formula is C51H98O7Si2. The van der Waals surface area contributed by atoms with Crippen LogP contribution in [-0.2, 0) is 24.9 Å². The van der Waals surface area contributed by atoms with Gasteiger partial charge in [-0.25, -0.2) is 0 Å². The van der Waals surface area contributed by atoms with Gasteiger partial charge in [-0.2, -0.15) is 0 Å². The molecule has 1 aromatic rings. The first-order valence-corrected chi connectivity index (χ1v) is 30.8. The maximum atomic E-state index is 11.8. The molecule has 1 aliphatic rings. The van der Waals surface area contributed by atoms with Crippen LogP contribution in [0.15, 0.2) is 30.3 Å². The van der Waals surface area contributed by atoms with E-state index in [9.17, 15) is 15.3 Å². The van der Waals surface area contributed by atoms with Gasteiger partial charge < -0.3 is 33.6 Å². The van der Waals surface area contributed by atoms with E-state index in [-0.39, 0.29) is 28.4 Å². The second kappa shape index (κ2) is 29.0. The van der Waals surface area contributed by atoms with Crippen molar-refractivity contribution in [2.75, 3.05) is 6.61 Å². The summed E-state index contributed by atoms with van der Waals surface area (Å²) in [6, 6.07) is 10.2. The third kappa shape index (κ3) is 21.8. The predicted molar refractivity (Wildman–Crippen MR) is 259 cm³/mol. The molecule has 0 spiro atoms. The van der Waals surface area contributed by atoms with E-state index in [1.54, 1.807) is 0 Å². The highest BCUT2D eigenvalue weighted by molar-refractivity contribution is 6.74. The summed E-state index contributed by atoms with van der Waals surface area (Å²) < 4.78 is 27.0. The number of aliphatic hydroxyl groups is 3. The molecule has 0 aromatic heterocycles. The molecule has 60 heavy (non-hydrogen) atoms. The highest BCUT2D eigenvalue weighted by atomic mass is 28.4. The van der Waals surface area contributed by atoms with Crippen molar-refractivity contribution in [3.05, 3.63) is 35.9 Å². The van der Waals surface area contributed by atoms with E-state index in [0.29, 0.717) is 38.9 Å². The van der Waals surface area contributed by atoms with Crippen LogP contribution in [0.4, 0.5) is 0 Å². The quantitative estimate of drug-likeness (QED) is 0.0469. The molecule has 0 bridgehead atoms. The van der Waals surface area contributed by atoms with Crippen LogP contribution in [0.2, 0.25) is 36.3 Å². The van der Waals surface area contributed by atoms with Crippen molar-refractivity contribution in [1.82, 2.24) is 0 Å². The van der Waals surface area contributed by atoms with Crippen molar-refractivity contribution in [1.29, 1.82) is 0 Å². The first-order chi connectivity index (χ1) is 28.3. The Balaban J connectivity index is 1.93. The van der Waals surface area contributed by atoms with Gasteiger partial charge in [-0.05, 0) is 73.9 Å². The zero-order valence-electron chi connectivity index (χ0n) is 41.1. The Morgan fingerprint density at radius 2 is 1.10 bits per heavy atom. The second-order valence-corrected chi connectivity index (χ2v) is 31.1. The SMILES string of the molecule is CCCCCCCCCCCCCCCCC[C@H](O[Si](C)(C)C(C)(C)C)[C@@H]1C[C@@H](O[Si](C)(C)C(C)(C)C)[C@@H]([C@@H](O)CC[C@@H](O)[C@H](O)CCCCCOCc2ccccc2)O1. The molecule has 1 aromatic carbocycles. The van der Waals surface area contributed by atoms with Gasteiger partial charge in [-0.15, -0.1) is 0 Å². The lowest BCUT2D eigenvalue weighted by Gasteiger charge is -2.41. The molecule has 0 saturated carbocycles. The Bertz CT molecular complexity index is 1200. The summed E-state index contributed by atoms with van der Waals surface area (Å²) in [6.07, 6.45) is 22.2. The third-order valence-electron chi connectivity index (χ3n) is 14.2. The minimum Gasteiger partial charge on any atom is -0.411 e. The zero-order valence-corrected chi connectivity index (χ0v) is 43.1. The van der Waals surface area contributed by atoms with Crippen LogP contribution in [-0.4, -0.2) is 81.3 Å². The van der Waals surface area contributed by atoms with Crippen LogP contribution in [0.3, 0.4) is 0 Å². The molecule has 1 saturated heterocycles. The molecule has 2 rings (SSSR count). The molecule has 9 heteroatoms. The monoisotopic (exact) mass is 879 g/mol. The van der Waals surface area contributed by atoms with Gasteiger partial charge in [-0.1, -0.05) is 188 Å². The third-order valence-corrected chi connectivity index (χ3v) is 23.2. The second-order valence-electron chi connectivity index (χ2n) is 21.6. The van der Waals surface area contributed by atoms with Gasteiger partial charge in [0.05, 0.1) is 43.2 Å². The lowest BCUT2D eigenvalue weighted by molar-refractivity contribution is -0.0946. The van der Waals surface area contributed by atoms with Crippen LogP contribution in [0, 0.1) is 0 Å². The Morgan fingerprint density at radius 1 is 0.617 bits per heavy atom. The number of ether oxygens (including phenoxy) is 2. The van der Waals surface area contributed by atoms with Crippen LogP contribution >= 0.6 is 0 Å². The molecule has 0 radical (unpaired) electrons. The first kappa shape index (κ1) is 55.5. The summed E-state index contributed by atoms with van der Waals surface area (Å²) >= 11 is 0. The Hall–Kier alpha value is -0.626. The fraction of sp³-hybridized carbons (Fsp3) is 0.882. The molecule has 352 valence electrons. The minimum atomic E-state index is -2.19. The number of aliphatic hydroxyl groups excluding tert-OH is 3. The summed E-state index contributed by atoms with van der Waals surface area (Å²) in [5.74, 6) is 0. The Labute approximate surface area is 373 Å². The molecule has 1 fully saturated rings. The van der Waals surface area contributed by atoms with Gasteiger partial charge in [0.2, 0.25) is 0 Å². The molecule has 1 heterocycles. The highest BCUT2D eigenvalue weighted by Crippen LogP contribution is 2.43. The summed E-state index contributed by atoms with van der Waals surface area (Å²) in [5.41, 5.74) is 1.17. The van der Waals surface area contributed by atoms with Gasteiger partial charge in [0, 0.05) is 13.0 Å². The molecule has 0 amide bonds. The maximum Gasteiger partial charge on any atom is 0.192 e. The molecule has 1 aliphatic heterocycles. The molecular weight excluding hydrogens is 781 g/mol. The minimum absolute atomic E-state index is 0.0137. The summed E-state index contributed by atoms with van der Waals surface area (Å²) in [7, 11) is -4.30. The van der Waals surface area contributed by atoms with Gasteiger partial charge in [0.25, 0.3) is 0 Å². The van der Waals surface area contributed by atoms with Crippen LogP contribution < -0.4 is 0 Å². The normalized spacial score (nSPS) is 20.1. The van der Waals surface area contributed by atoms with Crippen LogP contribution in [0.5, 0.6) is 0 Å². The molecule has 0 aliphatic carbocycles. The topological polar surface area (TPSA) is 97.6 Å². The van der Waals surface area contributed by atoms with Crippen LogP contribution in [0.1, 0.15) is 202 Å². The fourth-order valence-electron chi connectivity index (χ4n) is 7.94. The number of benzene rings is 1. The van der Waals surface area contributed by atoms with Gasteiger partial charge in [0.1, 0.15) is 6.10 Å². The first-order valence-electron chi connectivity index (χ1n) is 25.0. The number of unbranched alkanes of at least 4 members (excludes halogenated alkanes) is 16. The summed E-state index contributed by atoms with van der Waals surface area (Å²) in [6.45, 7) is 26.5. The smallest absolute Gasteiger partial charge is 0.192 e. The summed E-state index contributed by atoms with van der Waals surface area (Å²) in [5, 5.41) is 33.7. The van der Waals surface area contributed by atoms with E-state index in [2.05, 4.69) is 86.8 Å².